The Balaban J connectivity index is 1.64. The quantitative estimate of drug-likeness (QED) is 0.872. The maximum atomic E-state index is 6.34. The third-order valence-electron chi connectivity index (χ3n) is 5.12. The highest BCUT2D eigenvalue weighted by Gasteiger charge is 2.31. The SMILES string of the molecule is NC1CC(C(N)c2ccc(C3CCCCC3)cc2)C1. The topological polar surface area (TPSA) is 52.0 Å². The number of hydrogen-bond acceptors (Lipinski definition) is 2. The van der Waals surface area contributed by atoms with Gasteiger partial charge in [-0.15, -0.1) is 0 Å². The predicted molar refractivity (Wildman–Crippen MR) is 79.9 cm³/mol. The van der Waals surface area contributed by atoms with Gasteiger partial charge in [-0.2, -0.15) is 0 Å². The Morgan fingerprint density at radius 3 is 2.16 bits per heavy atom. The molecular weight excluding hydrogens is 232 g/mol. The summed E-state index contributed by atoms with van der Waals surface area (Å²) in [5, 5.41) is 0. The van der Waals surface area contributed by atoms with Gasteiger partial charge in [0, 0.05) is 12.1 Å². The normalized spacial score (nSPS) is 29.8. The molecule has 2 fully saturated rings. The van der Waals surface area contributed by atoms with E-state index >= 15 is 0 Å². The van der Waals surface area contributed by atoms with Crippen LogP contribution in [0, 0.1) is 5.92 Å². The van der Waals surface area contributed by atoms with E-state index in [0.29, 0.717) is 12.0 Å². The number of benzene rings is 1. The molecule has 19 heavy (non-hydrogen) atoms. The molecule has 104 valence electrons. The van der Waals surface area contributed by atoms with Gasteiger partial charge in [0.2, 0.25) is 0 Å². The lowest BCUT2D eigenvalue weighted by atomic mass is 9.74. The first kappa shape index (κ1) is 13.1. The second-order valence-electron chi connectivity index (χ2n) is 6.52. The molecule has 0 bridgehead atoms. The molecule has 0 saturated heterocycles. The fourth-order valence-electron chi connectivity index (χ4n) is 3.70. The fourth-order valence-corrected chi connectivity index (χ4v) is 3.70. The largest absolute Gasteiger partial charge is 0.328 e. The summed E-state index contributed by atoms with van der Waals surface area (Å²) in [6.45, 7) is 0. The van der Waals surface area contributed by atoms with Gasteiger partial charge < -0.3 is 11.5 Å². The third-order valence-corrected chi connectivity index (χ3v) is 5.12. The standard InChI is InChI=1S/C17H26N2/c18-16-10-15(11-16)17(19)14-8-6-13(7-9-14)12-4-2-1-3-5-12/h6-9,12,15-17H,1-5,10-11,18-19H2. The second kappa shape index (κ2) is 5.64. The van der Waals surface area contributed by atoms with Crippen LogP contribution in [0.15, 0.2) is 24.3 Å². The minimum absolute atomic E-state index is 0.181. The smallest absolute Gasteiger partial charge is 0.0324 e. The van der Waals surface area contributed by atoms with Crippen molar-refractivity contribution in [1.29, 1.82) is 0 Å². The Bertz CT molecular complexity index is 400. The molecule has 2 aliphatic rings. The van der Waals surface area contributed by atoms with Gasteiger partial charge >= 0.3 is 0 Å². The molecule has 0 aliphatic heterocycles. The lowest BCUT2D eigenvalue weighted by molar-refractivity contribution is 0.224. The molecule has 2 aliphatic carbocycles. The highest BCUT2D eigenvalue weighted by molar-refractivity contribution is 5.28. The van der Waals surface area contributed by atoms with E-state index in [-0.39, 0.29) is 6.04 Å². The van der Waals surface area contributed by atoms with Crippen molar-refractivity contribution in [2.75, 3.05) is 0 Å². The molecule has 1 aromatic carbocycles. The van der Waals surface area contributed by atoms with E-state index in [9.17, 15) is 0 Å². The highest BCUT2D eigenvalue weighted by Crippen LogP contribution is 2.37. The van der Waals surface area contributed by atoms with Crippen molar-refractivity contribution >= 4 is 0 Å². The van der Waals surface area contributed by atoms with E-state index in [1.165, 1.54) is 43.2 Å². The van der Waals surface area contributed by atoms with Crippen LogP contribution in [-0.4, -0.2) is 6.04 Å². The molecule has 2 saturated carbocycles. The Morgan fingerprint density at radius 2 is 1.58 bits per heavy atom. The highest BCUT2D eigenvalue weighted by atomic mass is 14.7. The molecule has 3 rings (SSSR count). The molecule has 2 nitrogen and oxygen atoms in total. The monoisotopic (exact) mass is 258 g/mol. The van der Waals surface area contributed by atoms with E-state index in [0.717, 1.165) is 18.8 Å². The van der Waals surface area contributed by atoms with Crippen LogP contribution in [0.1, 0.15) is 68.0 Å². The second-order valence-corrected chi connectivity index (χ2v) is 6.52. The first-order valence-corrected chi connectivity index (χ1v) is 7.85. The third kappa shape index (κ3) is 2.85. The molecular formula is C17H26N2. The van der Waals surface area contributed by atoms with Gasteiger partial charge in [-0.25, -0.2) is 0 Å². The Morgan fingerprint density at radius 1 is 0.947 bits per heavy atom. The number of hydrogen-bond donors (Lipinski definition) is 2. The zero-order valence-corrected chi connectivity index (χ0v) is 11.7. The summed E-state index contributed by atoms with van der Waals surface area (Å²) in [6, 6.07) is 9.68. The molecule has 0 aromatic heterocycles. The molecule has 1 atom stereocenters. The molecule has 0 amide bonds. The lowest BCUT2D eigenvalue weighted by Crippen LogP contribution is -2.41. The van der Waals surface area contributed by atoms with Crippen LogP contribution in [0.4, 0.5) is 0 Å². The minimum atomic E-state index is 0.181. The molecule has 2 heteroatoms. The summed E-state index contributed by atoms with van der Waals surface area (Å²) in [7, 11) is 0. The maximum absolute atomic E-state index is 6.34. The van der Waals surface area contributed by atoms with Crippen molar-refractivity contribution in [2.45, 2.75) is 62.9 Å². The van der Waals surface area contributed by atoms with Gasteiger partial charge in [-0.1, -0.05) is 43.5 Å². The van der Waals surface area contributed by atoms with Crippen molar-refractivity contribution in [3.8, 4) is 0 Å². The zero-order chi connectivity index (χ0) is 13.2. The van der Waals surface area contributed by atoms with Gasteiger partial charge in [-0.05, 0) is 48.6 Å². The first-order chi connectivity index (χ1) is 9.24. The van der Waals surface area contributed by atoms with Crippen LogP contribution >= 0.6 is 0 Å². The summed E-state index contributed by atoms with van der Waals surface area (Å²) < 4.78 is 0. The van der Waals surface area contributed by atoms with Crippen molar-refractivity contribution in [3.05, 3.63) is 35.4 Å². The summed E-state index contributed by atoms with van der Waals surface area (Å²) in [6.07, 6.45) is 9.11. The van der Waals surface area contributed by atoms with Crippen LogP contribution < -0.4 is 11.5 Å². The Kier molecular flexibility index (Phi) is 3.90. The molecule has 0 heterocycles. The number of nitrogens with two attached hydrogens (primary N) is 2. The summed E-state index contributed by atoms with van der Waals surface area (Å²) in [4.78, 5) is 0. The maximum Gasteiger partial charge on any atom is 0.0324 e. The van der Waals surface area contributed by atoms with Crippen molar-refractivity contribution < 1.29 is 0 Å². The van der Waals surface area contributed by atoms with Crippen molar-refractivity contribution in [1.82, 2.24) is 0 Å². The molecule has 0 radical (unpaired) electrons. The van der Waals surface area contributed by atoms with Crippen LogP contribution in [0.25, 0.3) is 0 Å². The van der Waals surface area contributed by atoms with Crippen LogP contribution in [0.2, 0.25) is 0 Å². The van der Waals surface area contributed by atoms with E-state index in [1.807, 2.05) is 0 Å². The van der Waals surface area contributed by atoms with Gasteiger partial charge in [0.15, 0.2) is 0 Å². The molecule has 1 aromatic rings. The van der Waals surface area contributed by atoms with Gasteiger partial charge in [-0.3, -0.25) is 0 Å². The Hall–Kier alpha value is -0.860. The minimum Gasteiger partial charge on any atom is -0.328 e. The van der Waals surface area contributed by atoms with Gasteiger partial charge in [0.1, 0.15) is 0 Å². The summed E-state index contributed by atoms with van der Waals surface area (Å²) in [5.74, 6) is 1.38. The van der Waals surface area contributed by atoms with E-state index in [2.05, 4.69) is 24.3 Å². The van der Waals surface area contributed by atoms with Crippen molar-refractivity contribution in [3.63, 3.8) is 0 Å². The molecule has 4 N–H and O–H groups in total. The lowest BCUT2D eigenvalue weighted by Gasteiger charge is -2.37. The molecule has 0 spiro atoms. The van der Waals surface area contributed by atoms with Crippen LogP contribution in [0.3, 0.4) is 0 Å². The van der Waals surface area contributed by atoms with Crippen LogP contribution in [0.5, 0.6) is 0 Å². The van der Waals surface area contributed by atoms with Gasteiger partial charge in [0.25, 0.3) is 0 Å². The average Bonchev–Trinajstić information content (AvgIpc) is 2.44. The van der Waals surface area contributed by atoms with Gasteiger partial charge in [0.05, 0.1) is 0 Å². The summed E-state index contributed by atoms with van der Waals surface area (Å²) in [5.41, 5.74) is 15.0. The fraction of sp³-hybridized carbons (Fsp3) is 0.647. The van der Waals surface area contributed by atoms with E-state index in [1.54, 1.807) is 0 Å². The van der Waals surface area contributed by atoms with Crippen molar-refractivity contribution in [2.24, 2.45) is 17.4 Å². The first-order valence-electron chi connectivity index (χ1n) is 7.85. The summed E-state index contributed by atoms with van der Waals surface area (Å²) >= 11 is 0. The number of rotatable bonds is 3. The van der Waals surface area contributed by atoms with Crippen LogP contribution in [-0.2, 0) is 0 Å². The van der Waals surface area contributed by atoms with E-state index in [4.69, 9.17) is 11.5 Å². The average molecular weight is 258 g/mol. The Labute approximate surface area is 116 Å². The zero-order valence-electron chi connectivity index (χ0n) is 11.7. The predicted octanol–water partition coefficient (Wildman–Crippen LogP) is 3.47. The van der Waals surface area contributed by atoms with E-state index < -0.39 is 0 Å². The molecule has 1 unspecified atom stereocenters.